The molecule has 0 bridgehead atoms. The van der Waals surface area contributed by atoms with Crippen LogP contribution in [0, 0.1) is 18.3 Å². The Balaban J connectivity index is 2.76. The lowest BCUT2D eigenvalue weighted by Crippen LogP contribution is -1.84. The summed E-state index contributed by atoms with van der Waals surface area (Å²) < 4.78 is 1.15. The average molecular weight is 202 g/mol. The van der Waals surface area contributed by atoms with Gasteiger partial charge < -0.3 is 0 Å². The Labute approximate surface area is 86.8 Å². The predicted molar refractivity (Wildman–Crippen MR) is 58.5 cm³/mol. The number of thiophene rings is 1. The van der Waals surface area contributed by atoms with Crippen LogP contribution in [0.4, 0.5) is 0 Å². The Morgan fingerprint density at radius 3 is 3.00 bits per heavy atom. The fraction of sp³-hybridized carbons (Fsp3) is 0.273. The highest BCUT2D eigenvalue weighted by Gasteiger charge is 2.07. The van der Waals surface area contributed by atoms with Gasteiger partial charge in [-0.3, -0.25) is 4.98 Å². The molecule has 0 aliphatic heterocycles. The van der Waals surface area contributed by atoms with Gasteiger partial charge in [-0.05, 0) is 25.0 Å². The molecule has 3 heteroatoms. The summed E-state index contributed by atoms with van der Waals surface area (Å²) in [7, 11) is 0. The Hall–Kier alpha value is -1.40. The standard InChI is InChI=1S/C11H10N2S/c1-3-9-4-10-11(14-9)7(2)8(5-12)6-13-10/h4,6H,3H2,1-2H3. The van der Waals surface area contributed by atoms with Crippen molar-refractivity contribution in [3.8, 4) is 6.07 Å². The minimum atomic E-state index is 0.682. The number of aromatic nitrogens is 1. The third-order valence-corrected chi connectivity index (χ3v) is 3.70. The first kappa shape index (κ1) is 9.17. The fourth-order valence-corrected chi connectivity index (χ4v) is 2.49. The highest BCUT2D eigenvalue weighted by molar-refractivity contribution is 7.19. The van der Waals surface area contributed by atoms with Crippen molar-refractivity contribution in [2.24, 2.45) is 0 Å². The van der Waals surface area contributed by atoms with E-state index >= 15 is 0 Å². The van der Waals surface area contributed by atoms with Crippen molar-refractivity contribution in [3.63, 3.8) is 0 Å². The summed E-state index contributed by atoms with van der Waals surface area (Å²) in [4.78, 5) is 5.59. The van der Waals surface area contributed by atoms with Gasteiger partial charge in [-0.15, -0.1) is 11.3 Å². The molecule has 0 aliphatic carbocycles. The molecule has 0 radical (unpaired) electrons. The number of fused-ring (bicyclic) bond motifs is 1. The molecule has 0 unspecified atom stereocenters. The van der Waals surface area contributed by atoms with Crippen LogP contribution >= 0.6 is 11.3 Å². The van der Waals surface area contributed by atoms with Crippen LogP contribution in [-0.4, -0.2) is 4.98 Å². The van der Waals surface area contributed by atoms with Crippen molar-refractivity contribution in [1.82, 2.24) is 4.98 Å². The van der Waals surface area contributed by atoms with Gasteiger partial charge in [-0.2, -0.15) is 5.26 Å². The third-order valence-electron chi connectivity index (χ3n) is 2.31. The molecule has 0 atom stereocenters. The van der Waals surface area contributed by atoms with Crippen molar-refractivity contribution in [2.75, 3.05) is 0 Å². The molecule has 0 aromatic carbocycles. The zero-order valence-corrected chi connectivity index (χ0v) is 8.98. The highest BCUT2D eigenvalue weighted by atomic mass is 32.1. The lowest BCUT2D eigenvalue weighted by molar-refractivity contribution is 1.19. The number of pyridine rings is 1. The SMILES string of the molecule is CCc1cc2ncc(C#N)c(C)c2s1. The van der Waals surface area contributed by atoms with Gasteiger partial charge in [0.25, 0.3) is 0 Å². The Morgan fingerprint density at radius 1 is 1.57 bits per heavy atom. The lowest BCUT2D eigenvalue weighted by Gasteiger charge is -1.96. The molecule has 0 spiro atoms. The topological polar surface area (TPSA) is 36.7 Å². The number of rotatable bonds is 1. The molecule has 0 aliphatic rings. The number of hydrogen-bond acceptors (Lipinski definition) is 3. The zero-order valence-electron chi connectivity index (χ0n) is 8.16. The largest absolute Gasteiger partial charge is 0.254 e. The van der Waals surface area contributed by atoms with Crippen LogP contribution in [0.2, 0.25) is 0 Å². The van der Waals surface area contributed by atoms with E-state index in [1.54, 1.807) is 17.5 Å². The van der Waals surface area contributed by atoms with Crippen LogP contribution < -0.4 is 0 Å². The number of nitrogens with zero attached hydrogens (tertiary/aromatic N) is 2. The van der Waals surface area contributed by atoms with E-state index < -0.39 is 0 Å². The van der Waals surface area contributed by atoms with Gasteiger partial charge in [0.1, 0.15) is 6.07 Å². The lowest BCUT2D eigenvalue weighted by atomic mass is 10.1. The van der Waals surface area contributed by atoms with Crippen LogP contribution in [0.25, 0.3) is 10.2 Å². The Bertz CT molecular complexity index is 520. The van der Waals surface area contributed by atoms with Gasteiger partial charge in [-0.25, -0.2) is 0 Å². The quantitative estimate of drug-likeness (QED) is 0.712. The van der Waals surface area contributed by atoms with E-state index in [2.05, 4.69) is 24.0 Å². The van der Waals surface area contributed by atoms with E-state index in [0.717, 1.165) is 22.2 Å². The molecule has 14 heavy (non-hydrogen) atoms. The summed E-state index contributed by atoms with van der Waals surface area (Å²) in [6.07, 6.45) is 2.69. The molecule has 0 fully saturated rings. The van der Waals surface area contributed by atoms with Gasteiger partial charge >= 0.3 is 0 Å². The zero-order chi connectivity index (χ0) is 10.1. The van der Waals surface area contributed by atoms with Crippen molar-refractivity contribution < 1.29 is 0 Å². The predicted octanol–water partition coefficient (Wildman–Crippen LogP) is 3.04. The molecule has 0 amide bonds. The smallest absolute Gasteiger partial charge is 0.101 e. The van der Waals surface area contributed by atoms with Gasteiger partial charge in [-0.1, -0.05) is 6.92 Å². The van der Waals surface area contributed by atoms with Crippen LogP contribution in [0.3, 0.4) is 0 Å². The monoisotopic (exact) mass is 202 g/mol. The summed E-state index contributed by atoms with van der Waals surface area (Å²) in [5.41, 5.74) is 2.76. The van der Waals surface area contributed by atoms with Gasteiger partial charge in [0.05, 0.1) is 15.8 Å². The maximum absolute atomic E-state index is 8.86. The fourth-order valence-electron chi connectivity index (χ4n) is 1.44. The third kappa shape index (κ3) is 1.28. The molecule has 2 rings (SSSR count). The van der Waals surface area contributed by atoms with E-state index in [1.807, 2.05) is 6.92 Å². The van der Waals surface area contributed by atoms with Crippen LogP contribution in [0.5, 0.6) is 0 Å². The Morgan fingerprint density at radius 2 is 2.36 bits per heavy atom. The summed E-state index contributed by atoms with van der Waals surface area (Å²) in [5, 5.41) is 8.86. The van der Waals surface area contributed by atoms with Crippen molar-refractivity contribution in [3.05, 3.63) is 28.3 Å². The average Bonchev–Trinajstić information content (AvgIpc) is 2.62. The minimum absolute atomic E-state index is 0.682. The van der Waals surface area contributed by atoms with Crippen molar-refractivity contribution >= 4 is 21.6 Å². The van der Waals surface area contributed by atoms with Crippen LogP contribution in [0.1, 0.15) is 22.9 Å². The van der Waals surface area contributed by atoms with E-state index in [-0.39, 0.29) is 0 Å². The molecule has 0 saturated carbocycles. The second-order valence-electron chi connectivity index (χ2n) is 3.19. The second-order valence-corrected chi connectivity index (χ2v) is 4.33. The van der Waals surface area contributed by atoms with Crippen molar-refractivity contribution in [1.29, 1.82) is 5.26 Å². The van der Waals surface area contributed by atoms with Crippen molar-refractivity contribution in [2.45, 2.75) is 20.3 Å². The summed E-state index contributed by atoms with van der Waals surface area (Å²) in [6, 6.07) is 4.26. The summed E-state index contributed by atoms with van der Waals surface area (Å²) in [6.45, 7) is 4.11. The normalized spacial score (nSPS) is 10.4. The highest BCUT2D eigenvalue weighted by Crippen LogP contribution is 2.28. The summed E-state index contributed by atoms with van der Waals surface area (Å²) >= 11 is 1.74. The van der Waals surface area contributed by atoms with Crippen LogP contribution in [-0.2, 0) is 6.42 Å². The molecule has 2 nitrogen and oxygen atoms in total. The Kier molecular flexibility index (Phi) is 2.22. The minimum Gasteiger partial charge on any atom is -0.254 e. The number of aryl methyl sites for hydroxylation is 2. The first-order chi connectivity index (χ1) is 6.76. The molecule has 2 heterocycles. The molecule has 2 aromatic heterocycles. The number of nitriles is 1. The van der Waals surface area contributed by atoms with Crippen LogP contribution in [0.15, 0.2) is 12.3 Å². The van der Waals surface area contributed by atoms with E-state index in [0.29, 0.717) is 5.56 Å². The first-order valence-corrected chi connectivity index (χ1v) is 5.36. The van der Waals surface area contributed by atoms with E-state index in [1.165, 1.54) is 4.88 Å². The van der Waals surface area contributed by atoms with E-state index in [9.17, 15) is 0 Å². The molecule has 70 valence electrons. The molecule has 2 aromatic rings. The molecule has 0 saturated heterocycles. The van der Waals surface area contributed by atoms with Gasteiger partial charge in [0.2, 0.25) is 0 Å². The first-order valence-electron chi connectivity index (χ1n) is 4.54. The molecular weight excluding hydrogens is 192 g/mol. The summed E-state index contributed by atoms with van der Waals surface area (Å²) in [5.74, 6) is 0. The maximum atomic E-state index is 8.86. The number of hydrogen-bond donors (Lipinski definition) is 0. The molecule has 0 N–H and O–H groups in total. The van der Waals surface area contributed by atoms with Gasteiger partial charge in [0, 0.05) is 11.1 Å². The molecular formula is C11H10N2S. The maximum Gasteiger partial charge on any atom is 0.101 e. The van der Waals surface area contributed by atoms with E-state index in [4.69, 9.17) is 5.26 Å². The van der Waals surface area contributed by atoms with Gasteiger partial charge in [0.15, 0.2) is 0 Å². The second kappa shape index (κ2) is 3.39.